The van der Waals surface area contributed by atoms with E-state index < -0.39 is 0 Å². The summed E-state index contributed by atoms with van der Waals surface area (Å²) in [6.07, 6.45) is 2.70. The second-order valence-electron chi connectivity index (χ2n) is 3.28. The minimum absolute atomic E-state index is 0.00963. The zero-order valence-electron chi connectivity index (χ0n) is 8.00. The van der Waals surface area contributed by atoms with E-state index in [1.807, 2.05) is 13.8 Å². The molecule has 1 aliphatic carbocycles. The van der Waals surface area contributed by atoms with Crippen LogP contribution in [0.15, 0.2) is 11.8 Å². The van der Waals surface area contributed by atoms with Crippen LogP contribution in [0.2, 0.25) is 0 Å². The van der Waals surface area contributed by atoms with Crippen molar-refractivity contribution in [2.24, 2.45) is 11.8 Å². The predicted molar refractivity (Wildman–Crippen MR) is 51.1 cm³/mol. The van der Waals surface area contributed by atoms with Crippen molar-refractivity contribution in [3.63, 3.8) is 0 Å². The molecule has 0 saturated heterocycles. The highest BCUT2D eigenvalue weighted by molar-refractivity contribution is 5.95. The van der Waals surface area contributed by atoms with Crippen molar-refractivity contribution in [3.8, 4) is 11.8 Å². The number of aliphatic hydroxyl groups is 1. The molecule has 0 saturated carbocycles. The third kappa shape index (κ3) is 2.12. The molecular weight excluding hydrogens is 164 g/mol. The van der Waals surface area contributed by atoms with Gasteiger partial charge in [0.15, 0.2) is 5.78 Å². The molecule has 0 aromatic carbocycles. The Bertz CT molecular complexity index is 291. The monoisotopic (exact) mass is 178 g/mol. The van der Waals surface area contributed by atoms with Crippen molar-refractivity contribution < 1.29 is 9.90 Å². The average molecular weight is 178 g/mol. The second kappa shape index (κ2) is 4.13. The van der Waals surface area contributed by atoms with Gasteiger partial charge in [0.05, 0.1) is 5.76 Å². The fourth-order valence-electron chi connectivity index (χ4n) is 1.42. The minimum atomic E-state index is -0.126. The molecule has 1 aliphatic rings. The lowest BCUT2D eigenvalue weighted by Gasteiger charge is -2.10. The molecule has 0 bridgehead atoms. The van der Waals surface area contributed by atoms with Crippen LogP contribution >= 0.6 is 0 Å². The van der Waals surface area contributed by atoms with E-state index >= 15 is 0 Å². The number of ketones is 1. The lowest BCUT2D eigenvalue weighted by atomic mass is 9.93. The SMILES string of the molecule is CCC#CCC1C(=O)C=C(O)C1C. The third-order valence-electron chi connectivity index (χ3n) is 2.35. The van der Waals surface area contributed by atoms with Gasteiger partial charge in [0.1, 0.15) is 0 Å². The summed E-state index contributed by atoms with van der Waals surface area (Å²) in [7, 11) is 0. The van der Waals surface area contributed by atoms with Gasteiger partial charge in [-0.2, -0.15) is 0 Å². The van der Waals surface area contributed by atoms with E-state index in [1.54, 1.807) is 0 Å². The van der Waals surface area contributed by atoms with Gasteiger partial charge in [-0.05, 0) is 0 Å². The van der Waals surface area contributed by atoms with Crippen LogP contribution in [0.3, 0.4) is 0 Å². The normalized spacial score (nSPS) is 26.6. The summed E-state index contributed by atoms with van der Waals surface area (Å²) in [6.45, 7) is 3.83. The molecule has 0 amide bonds. The van der Waals surface area contributed by atoms with Crippen molar-refractivity contribution in [1.82, 2.24) is 0 Å². The summed E-state index contributed by atoms with van der Waals surface area (Å²) < 4.78 is 0. The Labute approximate surface area is 78.6 Å². The highest BCUT2D eigenvalue weighted by atomic mass is 16.3. The molecule has 2 heteroatoms. The van der Waals surface area contributed by atoms with Crippen LogP contribution in [0.25, 0.3) is 0 Å². The topological polar surface area (TPSA) is 37.3 Å². The quantitative estimate of drug-likeness (QED) is 0.624. The van der Waals surface area contributed by atoms with Crippen LogP contribution in [0, 0.1) is 23.7 Å². The molecule has 0 spiro atoms. The number of carbonyl (C=O) groups excluding carboxylic acids is 1. The van der Waals surface area contributed by atoms with E-state index in [-0.39, 0.29) is 23.4 Å². The number of rotatable bonds is 1. The summed E-state index contributed by atoms with van der Waals surface area (Å²) in [6, 6.07) is 0. The summed E-state index contributed by atoms with van der Waals surface area (Å²) in [5.74, 6) is 5.90. The largest absolute Gasteiger partial charge is 0.512 e. The highest BCUT2D eigenvalue weighted by Crippen LogP contribution is 2.29. The van der Waals surface area contributed by atoms with E-state index in [0.29, 0.717) is 6.42 Å². The predicted octanol–water partition coefficient (Wildman–Crippen LogP) is 2.07. The number of hydrogen-bond donors (Lipinski definition) is 1. The van der Waals surface area contributed by atoms with E-state index in [4.69, 9.17) is 0 Å². The van der Waals surface area contributed by atoms with E-state index in [1.165, 1.54) is 6.08 Å². The van der Waals surface area contributed by atoms with Gasteiger partial charge in [-0.3, -0.25) is 4.79 Å². The molecule has 13 heavy (non-hydrogen) atoms. The van der Waals surface area contributed by atoms with Crippen LogP contribution in [0.5, 0.6) is 0 Å². The first-order valence-electron chi connectivity index (χ1n) is 4.57. The zero-order valence-corrected chi connectivity index (χ0v) is 8.00. The minimum Gasteiger partial charge on any atom is -0.512 e. The first-order chi connectivity index (χ1) is 6.16. The van der Waals surface area contributed by atoms with Crippen LogP contribution < -0.4 is 0 Å². The van der Waals surface area contributed by atoms with Crippen LogP contribution in [0.4, 0.5) is 0 Å². The molecule has 0 radical (unpaired) electrons. The van der Waals surface area contributed by atoms with Gasteiger partial charge < -0.3 is 5.11 Å². The average Bonchev–Trinajstić information content (AvgIpc) is 2.32. The zero-order chi connectivity index (χ0) is 9.84. The fraction of sp³-hybridized carbons (Fsp3) is 0.545. The van der Waals surface area contributed by atoms with Gasteiger partial charge in [0.2, 0.25) is 0 Å². The molecule has 0 aromatic heterocycles. The third-order valence-corrected chi connectivity index (χ3v) is 2.35. The Morgan fingerprint density at radius 1 is 1.54 bits per heavy atom. The fourth-order valence-corrected chi connectivity index (χ4v) is 1.42. The number of allylic oxidation sites excluding steroid dienone is 2. The molecule has 0 aliphatic heterocycles. The van der Waals surface area contributed by atoms with Gasteiger partial charge in [-0.25, -0.2) is 0 Å². The van der Waals surface area contributed by atoms with E-state index in [0.717, 1.165) is 6.42 Å². The maximum Gasteiger partial charge on any atom is 0.163 e. The number of aliphatic hydroxyl groups excluding tert-OH is 1. The van der Waals surface area contributed by atoms with Crippen LogP contribution in [-0.2, 0) is 4.79 Å². The van der Waals surface area contributed by atoms with Crippen LogP contribution in [0.1, 0.15) is 26.7 Å². The molecule has 0 fully saturated rings. The molecule has 2 atom stereocenters. The summed E-state index contributed by atoms with van der Waals surface area (Å²) >= 11 is 0. The standard InChI is InChI=1S/C11H14O2/c1-3-4-5-6-9-8(2)10(12)7-11(9)13/h7-9,12H,3,6H2,1-2H3. The maximum atomic E-state index is 11.3. The van der Waals surface area contributed by atoms with Gasteiger partial charge in [-0.15, -0.1) is 11.8 Å². The first kappa shape index (κ1) is 9.85. The molecule has 0 heterocycles. The molecular formula is C11H14O2. The first-order valence-corrected chi connectivity index (χ1v) is 4.57. The lowest BCUT2D eigenvalue weighted by Crippen LogP contribution is -2.13. The van der Waals surface area contributed by atoms with Gasteiger partial charge >= 0.3 is 0 Å². The highest BCUT2D eigenvalue weighted by Gasteiger charge is 2.31. The lowest BCUT2D eigenvalue weighted by molar-refractivity contribution is -0.118. The van der Waals surface area contributed by atoms with E-state index in [2.05, 4.69) is 11.8 Å². The Hall–Kier alpha value is -1.23. The van der Waals surface area contributed by atoms with Crippen molar-refractivity contribution in [3.05, 3.63) is 11.8 Å². The number of carbonyl (C=O) groups is 1. The summed E-state index contributed by atoms with van der Waals surface area (Å²) in [4.78, 5) is 11.3. The Kier molecular flexibility index (Phi) is 3.13. The second-order valence-corrected chi connectivity index (χ2v) is 3.28. The molecule has 70 valence electrons. The Balaban J connectivity index is 2.58. The van der Waals surface area contributed by atoms with E-state index in [9.17, 15) is 9.90 Å². The van der Waals surface area contributed by atoms with Gasteiger partial charge in [-0.1, -0.05) is 13.8 Å². The van der Waals surface area contributed by atoms with Crippen molar-refractivity contribution in [2.75, 3.05) is 0 Å². The van der Waals surface area contributed by atoms with Crippen molar-refractivity contribution >= 4 is 5.78 Å². The Morgan fingerprint density at radius 2 is 2.23 bits per heavy atom. The maximum absolute atomic E-state index is 11.3. The molecule has 2 nitrogen and oxygen atoms in total. The molecule has 0 aromatic rings. The van der Waals surface area contributed by atoms with Crippen molar-refractivity contribution in [1.29, 1.82) is 0 Å². The van der Waals surface area contributed by atoms with Gasteiger partial charge in [0.25, 0.3) is 0 Å². The molecule has 1 N–H and O–H groups in total. The Morgan fingerprint density at radius 3 is 2.69 bits per heavy atom. The van der Waals surface area contributed by atoms with Crippen molar-refractivity contribution in [2.45, 2.75) is 26.7 Å². The number of hydrogen-bond acceptors (Lipinski definition) is 2. The molecule has 2 unspecified atom stereocenters. The van der Waals surface area contributed by atoms with Crippen LogP contribution in [-0.4, -0.2) is 10.9 Å². The molecule has 1 rings (SSSR count). The smallest absolute Gasteiger partial charge is 0.163 e. The summed E-state index contributed by atoms with van der Waals surface area (Å²) in [5, 5.41) is 9.29. The summed E-state index contributed by atoms with van der Waals surface area (Å²) in [5.41, 5.74) is 0. The van der Waals surface area contributed by atoms with Gasteiger partial charge in [0, 0.05) is 30.8 Å².